The molecule has 0 aromatic heterocycles. The van der Waals surface area contributed by atoms with Crippen molar-refractivity contribution in [2.75, 3.05) is 0 Å². The summed E-state index contributed by atoms with van der Waals surface area (Å²) in [6.07, 6.45) is 5.63. The number of rotatable bonds is 2. The highest BCUT2D eigenvalue weighted by molar-refractivity contribution is 6.12. The first-order valence-electron chi connectivity index (χ1n) is 15.7. The number of Topliss-reactive ketones (excluding diaryl/α,β-unsaturated/α-hetero) is 1. The Morgan fingerprint density at radius 1 is 0.714 bits per heavy atom. The van der Waals surface area contributed by atoms with E-state index in [4.69, 9.17) is 0 Å². The van der Waals surface area contributed by atoms with Crippen LogP contribution in [0, 0.1) is 16.7 Å². The van der Waals surface area contributed by atoms with Gasteiger partial charge in [0.15, 0.2) is 5.78 Å². The lowest BCUT2D eigenvalue weighted by Gasteiger charge is -2.51. The Morgan fingerprint density at radius 3 is 1.38 bits per heavy atom. The summed E-state index contributed by atoms with van der Waals surface area (Å²) in [7, 11) is 0. The number of hydrogen-bond donors (Lipinski definition) is 1. The molecule has 1 aromatic rings. The molecule has 0 spiro atoms. The van der Waals surface area contributed by atoms with Crippen LogP contribution in [-0.2, 0) is 20.8 Å². The lowest BCUT2D eigenvalue weighted by molar-refractivity contribution is -0.291. The standard InChI is InChI=1S/C38H58NO3/c1-33(2,3)26-17-23(18-27(31(26)40)34(4,5)6)30(25-21-37(13,14)39(42)38(15,16)22-25)24-19-28(35(7,8)9)32(41)29(20-24)36(10,11)12/h17-20,25,40H,21-22H2,1-16H3. The van der Waals surface area contributed by atoms with Crippen LogP contribution in [0.5, 0.6) is 5.75 Å². The van der Waals surface area contributed by atoms with E-state index in [1.807, 2.05) is 27.7 Å². The number of phenolic OH excluding ortho intramolecular Hbond substituents is 1. The van der Waals surface area contributed by atoms with Gasteiger partial charge in [-0.1, -0.05) is 83.1 Å². The van der Waals surface area contributed by atoms with Gasteiger partial charge in [0.1, 0.15) is 5.75 Å². The van der Waals surface area contributed by atoms with Crippen molar-refractivity contribution in [1.82, 2.24) is 5.06 Å². The van der Waals surface area contributed by atoms with Crippen LogP contribution in [0.1, 0.15) is 140 Å². The smallest absolute Gasteiger partial charge is 0.186 e. The summed E-state index contributed by atoms with van der Waals surface area (Å²) < 4.78 is 0. The van der Waals surface area contributed by atoms with E-state index >= 15 is 0 Å². The Morgan fingerprint density at radius 2 is 1.07 bits per heavy atom. The predicted molar refractivity (Wildman–Crippen MR) is 176 cm³/mol. The van der Waals surface area contributed by atoms with E-state index in [2.05, 4.69) is 107 Å². The third kappa shape index (κ3) is 6.65. The van der Waals surface area contributed by atoms with Gasteiger partial charge in [0.05, 0.1) is 0 Å². The Labute approximate surface area is 256 Å². The number of carbonyl (C=O) groups is 1. The zero-order chi connectivity index (χ0) is 32.6. The Bertz CT molecular complexity index is 1250. The quantitative estimate of drug-likeness (QED) is 0.381. The zero-order valence-electron chi connectivity index (χ0n) is 29.5. The van der Waals surface area contributed by atoms with E-state index in [-0.39, 0.29) is 33.4 Å². The number of hydrogen-bond acceptors (Lipinski definition) is 3. The molecule has 1 aromatic carbocycles. The molecule has 0 unspecified atom stereocenters. The van der Waals surface area contributed by atoms with Gasteiger partial charge in [0, 0.05) is 33.4 Å². The number of ketones is 1. The summed E-state index contributed by atoms with van der Waals surface area (Å²) in [6.45, 7) is 33.7. The molecular weight excluding hydrogens is 518 g/mol. The summed E-state index contributed by atoms with van der Waals surface area (Å²) in [6, 6.07) is 4.34. The van der Waals surface area contributed by atoms with Crippen molar-refractivity contribution in [3.05, 3.63) is 57.7 Å². The Kier molecular flexibility index (Phi) is 8.56. The molecule has 1 aliphatic heterocycles. The van der Waals surface area contributed by atoms with Crippen LogP contribution in [0.15, 0.2) is 41.0 Å². The first-order valence-corrected chi connectivity index (χ1v) is 15.7. The number of phenols is 1. The van der Waals surface area contributed by atoms with Crippen molar-refractivity contribution >= 4 is 11.4 Å². The highest BCUT2D eigenvalue weighted by Crippen LogP contribution is 2.51. The summed E-state index contributed by atoms with van der Waals surface area (Å²) >= 11 is 0. The Hall–Kier alpha value is -2.17. The predicted octanol–water partition coefficient (Wildman–Crippen LogP) is 9.88. The van der Waals surface area contributed by atoms with Gasteiger partial charge in [0.2, 0.25) is 0 Å². The topological polar surface area (TPSA) is 60.4 Å². The van der Waals surface area contributed by atoms with Crippen LogP contribution >= 0.6 is 0 Å². The second-order valence-corrected chi connectivity index (χ2v) is 18.3. The van der Waals surface area contributed by atoms with Gasteiger partial charge in [-0.05, 0) is 109 Å². The number of hydroxylamine groups is 2. The third-order valence-corrected chi connectivity index (χ3v) is 9.05. The number of nitrogens with zero attached hydrogens (tertiary/aromatic N) is 1. The number of piperidine rings is 1. The monoisotopic (exact) mass is 576 g/mol. The Balaban J connectivity index is 2.58. The van der Waals surface area contributed by atoms with E-state index < -0.39 is 11.1 Å². The fourth-order valence-corrected chi connectivity index (χ4v) is 6.94. The number of aromatic hydroxyl groups is 1. The first-order chi connectivity index (χ1) is 18.6. The molecule has 4 heteroatoms. The minimum absolute atomic E-state index is 0.0727. The lowest BCUT2D eigenvalue weighted by Crippen LogP contribution is -2.58. The fourth-order valence-electron chi connectivity index (χ4n) is 6.94. The number of allylic oxidation sites excluding steroid dienone is 6. The minimum atomic E-state index is -0.563. The molecule has 1 N–H and O–H groups in total. The molecule has 3 rings (SSSR count). The van der Waals surface area contributed by atoms with E-state index in [9.17, 15) is 15.1 Å². The molecule has 4 nitrogen and oxygen atoms in total. The third-order valence-electron chi connectivity index (χ3n) is 9.05. The maximum atomic E-state index is 13.9. The fraction of sp³-hybridized carbons (Fsp3) is 0.658. The van der Waals surface area contributed by atoms with E-state index in [0.717, 1.165) is 39.0 Å². The van der Waals surface area contributed by atoms with Gasteiger partial charge in [-0.25, -0.2) is 0 Å². The molecule has 0 saturated carbocycles. The summed E-state index contributed by atoms with van der Waals surface area (Å²) in [5.74, 6) is 0.543. The minimum Gasteiger partial charge on any atom is -0.507 e. The van der Waals surface area contributed by atoms with Crippen LogP contribution < -0.4 is 0 Å². The molecular formula is C38H58NO3. The van der Waals surface area contributed by atoms with Crippen LogP contribution in [-0.4, -0.2) is 27.0 Å². The highest BCUT2D eigenvalue weighted by Gasteiger charge is 2.48. The van der Waals surface area contributed by atoms with Crippen LogP contribution in [0.4, 0.5) is 0 Å². The molecule has 1 radical (unpaired) electrons. The lowest BCUT2D eigenvalue weighted by atomic mass is 9.66. The summed E-state index contributed by atoms with van der Waals surface area (Å²) in [5, 5.41) is 26.3. The average Bonchev–Trinajstić information content (AvgIpc) is 2.75. The molecule has 0 bridgehead atoms. The van der Waals surface area contributed by atoms with Gasteiger partial charge in [-0.3, -0.25) is 4.79 Å². The van der Waals surface area contributed by atoms with Crippen LogP contribution in [0.2, 0.25) is 0 Å². The molecule has 1 saturated heterocycles. The molecule has 1 aliphatic carbocycles. The van der Waals surface area contributed by atoms with E-state index in [0.29, 0.717) is 18.6 Å². The largest absolute Gasteiger partial charge is 0.507 e. The summed E-state index contributed by atoms with van der Waals surface area (Å²) in [4.78, 5) is 13.9. The van der Waals surface area contributed by atoms with Gasteiger partial charge in [0.25, 0.3) is 0 Å². The van der Waals surface area contributed by atoms with Crippen molar-refractivity contribution < 1.29 is 15.1 Å². The molecule has 42 heavy (non-hydrogen) atoms. The maximum Gasteiger partial charge on any atom is 0.186 e. The maximum absolute atomic E-state index is 13.9. The second-order valence-electron chi connectivity index (χ2n) is 18.3. The van der Waals surface area contributed by atoms with Gasteiger partial charge in [-0.2, -0.15) is 0 Å². The van der Waals surface area contributed by atoms with Gasteiger partial charge >= 0.3 is 0 Å². The normalized spacial score (nSPS) is 20.9. The first kappa shape index (κ1) is 34.3. The SMILES string of the molecule is CC(C)(C)C1=CC(=C(c2cc(C(C)(C)C)c(O)c(C(C)(C)C)c2)C2CC(C)(C)N([O])C(C)(C)C2)C=C(C(C)(C)C)C1=O. The molecule has 0 atom stereocenters. The average molecular weight is 577 g/mol. The van der Waals surface area contributed by atoms with E-state index in [1.54, 1.807) is 0 Å². The van der Waals surface area contributed by atoms with Crippen molar-refractivity contribution in [2.24, 2.45) is 16.7 Å². The molecule has 0 amide bonds. The van der Waals surface area contributed by atoms with Crippen LogP contribution in [0.3, 0.4) is 0 Å². The molecule has 1 heterocycles. The van der Waals surface area contributed by atoms with Gasteiger partial charge in [-0.15, -0.1) is 10.3 Å². The van der Waals surface area contributed by atoms with Crippen LogP contribution in [0.25, 0.3) is 5.57 Å². The van der Waals surface area contributed by atoms with Gasteiger partial charge < -0.3 is 5.11 Å². The number of carbonyl (C=O) groups excluding carboxylic acids is 1. The van der Waals surface area contributed by atoms with Crippen molar-refractivity contribution in [3.8, 4) is 5.75 Å². The van der Waals surface area contributed by atoms with Crippen molar-refractivity contribution in [1.29, 1.82) is 0 Å². The van der Waals surface area contributed by atoms with Crippen molar-refractivity contribution in [3.63, 3.8) is 0 Å². The van der Waals surface area contributed by atoms with Crippen molar-refractivity contribution in [2.45, 2.75) is 146 Å². The molecule has 2 aliphatic rings. The summed E-state index contributed by atoms with van der Waals surface area (Å²) in [5.41, 5.74) is 4.36. The zero-order valence-corrected chi connectivity index (χ0v) is 29.5. The molecule has 233 valence electrons. The van der Waals surface area contributed by atoms with E-state index in [1.165, 1.54) is 5.06 Å². The second kappa shape index (κ2) is 10.5. The number of benzene rings is 1. The molecule has 1 fully saturated rings. The highest BCUT2D eigenvalue weighted by atomic mass is 16.5.